The number of nitrogens with one attached hydrogen (secondary N) is 1. The highest BCUT2D eigenvalue weighted by atomic mass is 16.4. The average Bonchev–Trinajstić information content (AvgIpc) is 2.44. The van der Waals surface area contributed by atoms with Crippen molar-refractivity contribution >= 4 is 11.7 Å². The standard InChI is InChI=1S/C14H27N3O2/c1-3-4-5-11-6-8-12(9-7-11)14(18)16-10(2)13(15)17-19/h10-12,19H,3-9H2,1-2H3,(H2,15,17)(H,16,18). The summed E-state index contributed by atoms with van der Waals surface area (Å²) in [7, 11) is 0. The Balaban J connectivity index is 2.32. The number of hydrogen-bond acceptors (Lipinski definition) is 3. The fraction of sp³-hybridized carbons (Fsp3) is 0.857. The lowest BCUT2D eigenvalue weighted by atomic mass is 9.79. The molecule has 110 valence electrons. The minimum Gasteiger partial charge on any atom is -0.409 e. The summed E-state index contributed by atoms with van der Waals surface area (Å²) in [5, 5.41) is 14.3. The van der Waals surface area contributed by atoms with Gasteiger partial charge in [0.2, 0.25) is 5.91 Å². The third-order valence-electron chi connectivity index (χ3n) is 4.10. The van der Waals surface area contributed by atoms with E-state index in [0.29, 0.717) is 0 Å². The van der Waals surface area contributed by atoms with Gasteiger partial charge in [-0.2, -0.15) is 0 Å². The zero-order valence-corrected chi connectivity index (χ0v) is 12.1. The highest BCUT2D eigenvalue weighted by molar-refractivity contribution is 5.90. The molecule has 1 amide bonds. The zero-order chi connectivity index (χ0) is 14.3. The van der Waals surface area contributed by atoms with Gasteiger partial charge in [0.15, 0.2) is 5.84 Å². The Labute approximate surface area is 115 Å². The second-order valence-corrected chi connectivity index (χ2v) is 5.62. The van der Waals surface area contributed by atoms with E-state index < -0.39 is 6.04 Å². The molecule has 0 radical (unpaired) electrons. The number of amidine groups is 1. The summed E-state index contributed by atoms with van der Waals surface area (Å²) in [5.74, 6) is 0.968. The molecule has 1 fully saturated rings. The van der Waals surface area contributed by atoms with E-state index in [-0.39, 0.29) is 17.7 Å². The molecule has 0 aliphatic heterocycles. The molecule has 0 aromatic rings. The Kier molecular flexibility index (Phi) is 6.67. The van der Waals surface area contributed by atoms with E-state index in [0.717, 1.165) is 31.6 Å². The summed E-state index contributed by atoms with van der Waals surface area (Å²) in [6.45, 7) is 3.94. The second-order valence-electron chi connectivity index (χ2n) is 5.62. The molecule has 0 bridgehead atoms. The van der Waals surface area contributed by atoms with Crippen LogP contribution in [-0.4, -0.2) is 23.0 Å². The van der Waals surface area contributed by atoms with Crippen molar-refractivity contribution in [3.63, 3.8) is 0 Å². The van der Waals surface area contributed by atoms with Crippen LogP contribution in [-0.2, 0) is 4.79 Å². The molecule has 0 aromatic heterocycles. The Bertz CT molecular complexity index is 310. The van der Waals surface area contributed by atoms with E-state index in [1.165, 1.54) is 19.3 Å². The fourth-order valence-electron chi connectivity index (χ4n) is 2.70. The monoisotopic (exact) mass is 269 g/mol. The van der Waals surface area contributed by atoms with Crippen molar-refractivity contribution in [1.29, 1.82) is 0 Å². The molecule has 1 aliphatic carbocycles. The number of oxime groups is 1. The van der Waals surface area contributed by atoms with Gasteiger partial charge in [-0.05, 0) is 38.5 Å². The number of unbranched alkanes of at least 4 members (excludes halogenated alkanes) is 1. The topological polar surface area (TPSA) is 87.7 Å². The summed E-state index contributed by atoms with van der Waals surface area (Å²) >= 11 is 0. The number of amides is 1. The maximum absolute atomic E-state index is 12.0. The first kappa shape index (κ1) is 15.8. The highest BCUT2D eigenvalue weighted by Crippen LogP contribution is 2.31. The maximum Gasteiger partial charge on any atom is 0.223 e. The average molecular weight is 269 g/mol. The highest BCUT2D eigenvalue weighted by Gasteiger charge is 2.27. The van der Waals surface area contributed by atoms with Crippen LogP contribution in [0.25, 0.3) is 0 Å². The normalized spacial score (nSPS) is 25.9. The molecular weight excluding hydrogens is 242 g/mol. The Hall–Kier alpha value is -1.26. The van der Waals surface area contributed by atoms with Crippen LogP contribution in [0.5, 0.6) is 0 Å². The summed E-state index contributed by atoms with van der Waals surface area (Å²) in [6.07, 6.45) is 8.06. The van der Waals surface area contributed by atoms with Gasteiger partial charge in [0.05, 0.1) is 6.04 Å². The largest absolute Gasteiger partial charge is 0.409 e. The first-order valence-electron chi connectivity index (χ1n) is 7.36. The van der Waals surface area contributed by atoms with Crippen LogP contribution in [0, 0.1) is 11.8 Å². The van der Waals surface area contributed by atoms with Crippen LogP contribution < -0.4 is 11.1 Å². The lowest BCUT2D eigenvalue weighted by Gasteiger charge is -2.28. The molecule has 1 saturated carbocycles. The fourth-order valence-corrected chi connectivity index (χ4v) is 2.70. The molecule has 19 heavy (non-hydrogen) atoms. The smallest absolute Gasteiger partial charge is 0.223 e. The van der Waals surface area contributed by atoms with Crippen molar-refractivity contribution in [2.75, 3.05) is 0 Å². The van der Waals surface area contributed by atoms with Crippen LogP contribution in [0.1, 0.15) is 58.8 Å². The zero-order valence-electron chi connectivity index (χ0n) is 12.1. The molecule has 1 aliphatic rings. The first-order valence-corrected chi connectivity index (χ1v) is 7.36. The van der Waals surface area contributed by atoms with E-state index in [1.807, 2.05) is 0 Å². The maximum atomic E-state index is 12.0. The summed E-state index contributed by atoms with van der Waals surface area (Å²) < 4.78 is 0. The molecule has 0 heterocycles. The number of carbonyl (C=O) groups excluding carboxylic acids is 1. The summed E-state index contributed by atoms with van der Waals surface area (Å²) in [6, 6.07) is -0.407. The minimum absolute atomic E-state index is 0.0352. The van der Waals surface area contributed by atoms with Gasteiger partial charge in [0.25, 0.3) is 0 Å². The number of hydrogen-bond donors (Lipinski definition) is 3. The molecule has 1 rings (SSSR count). The molecule has 4 N–H and O–H groups in total. The van der Waals surface area contributed by atoms with E-state index in [2.05, 4.69) is 17.4 Å². The van der Waals surface area contributed by atoms with Crippen molar-refractivity contribution < 1.29 is 10.0 Å². The minimum atomic E-state index is -0.407. The molecule has 1 atom stereocenters. The van der Waals surface area contributed by atoms with Gasteiger partial charge < -0.3 is 16.3 Å². The molecule has 0 aromatic carbocycles. The van der Waals surface area contributed by atoms with Crippen molar-refractivity contribution in [2.24, 2.45) is 22.7 Å². The third-order valence-corrected chi connectivity index (χ3v) is 4.10. The van der Waals surface area contributed by atoms with Crippen molar-refractivity contribution in [3.8, 4) is 0 Å². The molecule has 5 heteroatoms. The lowest BCUT2D eigenvalue weighted by Crippen LogP contribution is -2.45. The van der Waals surface area contributed by atoms with Crippen molar-refractivity contribution in [3.05, 3.63) is 0 Å². The summed E-state index contributed by atoms with van der Waals surface area (Å²) in [4.78, 5) is 12.0. The van der Waals surface area contributed by atoms with E-state index in [1.54, 1.807) is 6.92 Å². The molecule has 0 saturated heterocycles. The van der Waals surface area contributed by atoms with E-state index in [4.69, 9.17) is 10.9 Å². The predicted molar refractivity (Wildman–Crippen MR) is 76.0 cm³/mol. The number of nitrogens with two attached hydrogens (primary N) is 1. The van der Waals surface area contributed by atoms with Crippen molar-refractivity contribution in [1.82, 2.24) is 5.32 Å². The SMILES string of the molecule is CCCCC1CCC(C(=O)NC(C)/C(N)=N/O)CC1. The van der Waals surface area contributed by atoms with E-state index in [9.17, 15) is 4.79 Å². The van der Waals surface area contributed by atoms with Crippen LogP contribution in [0.15, 0.2) is 5.16 Å². The Morgan fingerprint density at radius 1 is 1.42 bits per heavy atom. The van der Waals surface area contributed by atoms with Crippen LogP contribution in [0.2, 0.25) is 0 Å². The first-order chi connectivity index (χ1) is 9.08. The third kappa shape index (κ3) is 5.09. The van der Waals surface area contributed by atoms with Crippen LogP contribution in [0.3, 0.4) is 0 Å². The van der Waals surface area contributed by atoms with E-state index >= 15 is 0 Å². The van der Waals surface area contributed by atoms with Gasteiger partial charge in [-0.3, -0.25) is 4.79 Å². The molecule has 1 unspecified atom stereocenters. The quantitative estimate of drug-likeness (QED) is 0.299. The van der Waals surface area contributed by atoms with Gasteiger partial charge in [0, 0.05) is 5.92 Å². The Morgan fingerprint density at radius 2 is 2.05 bits per heavy atom. The molecular formula is C14H27N3O2. The number of carbonyl (C=O) groups is 1. The van der Waals surface area contributed by atoms with Gasteiger partial charge in [-0.1, -0.05) is 31.3 Å². The number of rotatable bonds is 6. The lowest BCUT2D eigenvalue weighted by molar-refractivity contribution is -0.126. The molecule has 5 nitrogen and oxygen atoms in total. The van der Waals surface area contributed by atoms with Crippen LogP contribution in [0.4, 0.5) is 0 Å². The van der Waals surface area contributed by atoms with Gasteiger partial charge in [-0.25, -0.2) is 0 Å². The van der Waals surface area contributed by atoms with Gasteiger partial charge in [0.1, 0.15) is 0 Å². The number of nitrogens with zero attached hydrogens (tertiary/aromatic N) is 1. The van der Waals surface area contributed by atoms with Gasteiger partial charge >= 0.3 is 0 Å². The van der Waals surface area contributed by atoms with Crippen molar-refractivity contribution in [2.45, 2.75) is 64.8 Å². The Morgan fingerprint density at radius 3 is 2.58 bits per heavy atom. The predicted octanol–water partition coefficient (Wildman–Crippen LogP) is 2.23. The summed E-state index contributed by atoms with van der Waals surface area (Å²) in [5.41, 5.74) is 5.46. The van der Waals surface area contributed by atoms with Gasteiger partial charge in [-0.15, -0.1) is 0 Å². The second kappa shape index (κ2) is 8.02. The van der Waals surface area contributed by atoms with Crippen LogP contribution >= 0.6 is 0 Å². The molecule has 0 spiro atoms.